The van der Waals surface area contributed by atoms with Crippen molar-refractivity contribution in [1.29, 1.82) is 0 Å². The molecule has 0 saturated heterocycles. The van der Waals surface area contributed by atoms with Gasteiger partial charge in [-0.25, -0.2) is 4.98 Å². The van der Waals surface area contributed by atoms with Crippen molar-refractivity contribution in [3.05, 3.63) is 44.9 Å². The third-order valence-corrected chi connectivity index (χ3v) is 4.89. The molecule has 0 spiro atoms. The van der Waals surface area contributed by atoms with Crippen molar-refractivity contribution in [1.82, 2.24) is 4.98 Å². The van der Waals surface area contributed by atoms with E-state index >= 15 is 0 Å². The fourth-order valence-electron chi connectivity index (χ4n) is 2.32. The molecule has 4 heteroatoms. The fourth-order valence-corrected chi connectivity index (χ4v) is 3.26. The topological polar surface area (TPSA) is 48.1 Å². The molecule has 0 amide bonds. The lowest BCUT2D eigenvalue weighted by molar-refractivity contribution is 0.303. The molecule has 1 aliphatic rings. The van der Waals surface area contributed by atoms with Crippen molar-refractivity contribution in [2.45, 2.75) is 45.8 Å². The van der Waals surface area contributed by atoms with Crippen LogP contribution in [-0.4, -0.2) is 4.98 Å². The fraction of sp³-hybridized carbons (Fsp3) is 0.438. The Morgan fingerprint density at radius 1 is 1.35 bits per heavy atom. The van der Waals surface area contributed by atoms with E-state index in [1.165, 1.54) is 34.5 Å². The maximum atomic E-state index is 5.92. The maximum absolute atomic E-state index is 5.92. The van der Waals surface area contributed by atoms with Crippen molar-refractivity contribution in [3.8, 4) is 5.75 Å². The SMILES string of the molecule is Cc1cccc(OCc2nc(C3CC3)c(CN)s2)c1C. The molecule has 3 rings (SSSR count). The number of hydrogen-bond acceptors (Lipinski definition) is 4. The Kier molecular flexibility index (Phi) is 3.76. The number of benzene rings is 1. The van der Waals surface area contributed by atoms with Gasteiger partial charge >= 0.3 is 0 Å². The van der Waals surface area contributed by atoms with E-state index in [2.05, 4.69) is 19.9 Å². The van der Waals surface area contributed by atoms with Gasteiger partial charge in [0.2, 0.25) is 0 Å². The number of rotatable bonds is 5. The summed E-state index contributed by atoms with van der Waals surface area (Å²) in [6, 6.07) is 6.14. The standard InChI is InChI=1S/C16H20N2OS/c1-10-4-3-5-13(11(10)2)19-9-15-18-16(12-6-7-12)14(8-17)20-15/h3-5,12H,6-9,17H2,1-2H3. The highest BCUT2D eigenvalue weighted by atomic mass is 32.1. The van der Waals surface area contributed by atoms with Crippen LogP contribution in [0.15, 0.2) is 18.2 Å². The molecular formula is C16H20N2OS. The molecule has 2 N–H and O–H groups in total. The highest BCUT2D eigenvalue weighted by molar-refractivity contribution is 7.11. The average molecular weight is 288 g/mol. The molecular weight excluding hydrogens is 268 g/mol. The van der Waals surface area contributed by atoms with Crippen LogP contribution in [0.5, 0.6) is 5.75 Å². The molecule has 1 saturated carbocycles. The van der Waals surface area contributed by atoms with Crippen molar-refractivity contribution < 1.29 is 4.74 Å². The monoisotopic (exact) mass is 288 g/mol. The third-order valence-electron chi connectivity index (χ3n) is 3.83. The Bertz CT molecular complexity index is 617. The van der Waals surface area contributed by atoms with Crippen molar-refractivity contribution >= 4 is 11.3 Å². The molecule has 1 fully saturated rings. The van der Waals surface area contributed by atoms with Crippen LogP contribution >= 0.6 is 11.3 Å². The van der Waals surface area contributed by atoms with Gasteiger partial charge in [0.05, 0.1) is 5.69 Å². The van der Waals surface area contributed by atoms with Crippen LogP contribution in [0.25, 0.3) is 0 Å². The van der Waals surface area contributed by atoms with Gasteiger partial charge in [0.15, 0.2) is 0 Å². The molecule has 3 nitrogen and oxygen atoms in total. The molecule has 0 unspecified atom stereocenters. The predicted molar refractivity (Wildman–Crippen MR) is 82.2 cm³/mol. The molecule has 0 aliphatic heterocycles. The summed E-state index contributed by atoms with van der Waals surface area (Å²) < 4.78 is 5.92. The first-order chi connectivity index (χ1) is 9.69. The predicted octanol–water partition coefficient (Wildman–Crippen LogP) is 3.68. The molecule has 2 aromatic rings. The van der Waals surface area contributed by atoms with Crippen LogP contribution in [0.4, 0.5) is 0 Å². The zero-order chi connectivity index (χ0) is 14.1. The largest absolute Gasteiger partial charge is 0.486 e. The van der Waals surface area contributed by atoms with Gasteiger partial charge in [0.25, 0.3) is 0 Å². The Morgan fingerprint density at radius 3 is 2.85 bits per heavy atom. The number of aryl methyl sites for hydroxylation is 1. The zero-order valence-electron chi connectivity index (χ0n) is 12.0. The Hall–Kier alpha value is -1.39. The summed E-state index contributed by atoms with van der Waals surface area (Å²) in [6.07, 6.45) is 2.52. The second-order valence-electron chi connectivity index (χ2n) is 5.38. The van der Waals surface area contributed by atoms with Gasteiger partial charge in [-0.3, -0.25) is 0 Å². The Balaban J connectivity index is 1.73. The number of ether oxygens (including phenoxy) is 1. The van der Waals surface area contributed by atoms with E-state index in [0.29, 0.717) is 19.1 Å². The molecule has 0 atom stereocenters. The van der Waals surface area contributed by atoms with E-state index in [4.69, 9.17) is 15.5 Å². The number of nitrogens with zero attached hydrogens (tertiary/aromatic N) is 1. The van der Waals surface area contributed by atoms with Crippen molar-refractivity contribution in [2.75, 3.05) is 0 Å². The van der Waals surface area contributed by atoms with Gasteiger partial charge in [0, 0.05) is 17.3 Å². The van der Waals surface area contributed by atoms with E-state index in [1.807, 2.05) is 12.1 Å². The summed E-state index contributed by atoms with van der Waals surface area (Å²) >= 11 is 1.70. The summed E-state index contributed by atoms with van der Waals surface area (Å²) in [7, 11) is 0. The molecule has 1 aromatic heterocycles. The number of aromatic nitrogens is 1. The van der Waals surface area contributed by atoms with Crippen molar-refractivity contribution in [2.24, 2.45) is 5.73 Å². The first kappa shape index (κ1) is 13.6. The summed E-state index contributed by atoms with van der Waals surface area (Å²) in [5.74, 6) is 1.60. The van der Waals surface area contributed by atoms with Gasteiger partial charge in [0.1, 0.15) is 17.4 Å². The Labute approximate surface area is 123 Å². The summed E-state index contributed by atoms with van der Waals surface area (Å²) in [4.78, 5) is 5.95. The molecule has 0 radical (unpaired) electrons. The summed E-state index contributed by atoms with van der Waals surface area (Å²) in [5, 5.41) is 1.04. The van der Waals surface area contributed by atoms with Crippen LogP contribution in [-0.2, 0) is 13.2 Å². The summed E-state index contributed by atoms with van der Waals surface area (Å²) in [6.45, 7) is 5.32. The van der Waals surface area contributed by atoms with Gasteiger partial charge < -0.3 is 10.5 Å². The van der Waals surface area contributed by atoms with Gasteiger partial charge in [-0.15, -0.1) is 11.3 Å². The second-order valence-corrected chi connectivity index (χ2v) is 6.55. The normalized spacial score (nSPS) is 14.6. The van der Waals surface area contributed by atoms with Crippen LogP contribution in [0.2, 0.25) is 0 Å². The molecule has 1 aliphatic carbocycles. The van der Waals surface area contributed by atoms with Crippen LogP contribution in [0, 0.1) is 13.8 Å². The van der Waals surface area contributed by atoms with E-state index in [1.54, 1.807) is 11.3 Å². The molecule has 0 bridgehead atoms. The second kappa shape index (κ2) is 5.54. The molecule has 20 heavy (non-hydrogen) atoms. The lowest BCUT2D eigenvalue weighted by Gasteiger charge is -2.09. The van der Waals surface area contributed by atoms with E-state index in [-0.39, 0.29) is 0 Å². The molecule has 1 heterocycles. The minimum atomic E-state index is 0.536. The Morgan fingerprint density at radius 2 is 2.15 bits per heavy atom. The molecule has 1 aromatic carbocycles. The highest BCUT2D eigenvalue weighted by Gasteiger charge is 2.29. The average Bonchev–Trinajstić information content (AvgIpc) is 3.21. The van der Waals surface area contributed by atoms with Crippen LogP contribution in [0.1, 0.15) is 45.5 Å². The number of hydrogen-bond donors (Lipinski definition) is 1. The van der Waals surface area contributed by atoms with E-state index in [9.17, 15) is 0 Å². The lowest BCUT2D eigenvalue weighted by atomic mass is 10.1. The highest BCUT2D eigenvalue weighted by Crippen LogP contribution is 2.42. The zero-order valence-corrected chi connectivity index (χ0v) is 12.8. The van der Waals surface area contributed by atoms with Crippen molar-refractivity contribution in [3.63, 3.8) is 0 Å². The third kappa shape index (κ3) is 2.72. The molecule has 106 valence electrons. The lowest BCUT2D eigenvalue weighted by Crippen LogP contribution is -1.98. The maximum Gasteiger partial charge on any atom is 0.140 e. The summed E-state index contributed by atoms with van der Waals surface area (Å²) in [5.41, 5.74) is 9.48. The van der Waals surface area contributed by atoms with E-state index in [0.717, 1.165) is 10.8 Å². The minimum absolute atomic E-state index is 0.536. The van der Waals surface area contributed by atoms with Gasteiger partial charge in [-0.05, 0) is 43.9 Å². The van der Waals surface area contributed by atoms with E-state index < -0.39 is 0 Å². The first-order valence-electron chi connectivity index (χ1n) is 7.06. The van der Waals surface area contributed by atoms with Gasteiger partial charge in [-0.1, -0.05) is 12.1 Å². The quantitative estimate of drug-likeness (QED) is 0.913. The van der Waals surface area contributed by atoms with Crippen LogP contribution in [0.3, 0.4) is 0 Å². The smallest absolute Gasteiger partial charge is 0.140 e. The van der Waals surface area contributed by atoms with Gasteiger partial charge in [-0.2, -0.15) is 0 Å². The minimum Gasteiger partial charge on any atom is -0.486 e. The number of nitrogens with two attached hydrogens (primary N) is 1. The first-order valence-corrected chi connectivity index (χ1v) is 7.88. The van der Waals surface area contributed by atoms with Crippen LogP contribution < -0.4 is 10.5 Å². The number of thiazole rings is 1.